The van der Waals surface area contributed by atoms with Crippen LogP contribution in [0.1, 0.15) is 103 Å². The van der Waals surface area contributed by atoms with Crippen LogP contribution in [0.25, 0.3) is 0 Å². The number of aromatic hydroxyl groups is 1. The smallest absolute Gasteiger partial charge is 0.185 e. The van der Waals surface area contributed by atoms with E-state index in [0.717, 1.165) is 62.3 Å². The summed E-state index contributed by atoms with van der Waals surface area (Å²) in [5.41, 5.74) is 2.88. The molecule has 5 aliphatic carbocycles. The van der Waals surface area contributed by atoms with Crippen LogP contribution < -0.4 is 4.74 Å². The maximum atomic E-state index is 11.2. The van der Waals surface area contributed by atoms with Crippen molar-refractivity contribution in [1.82, 2.24) is 4.90 Å². The topological polar surface area (TPSA) is 51.2 Å². The largest absolute Gasteiger partial charge is 0.504 e. The summed E-state index contributed by atoms with van der Waals surface area (Å²) in [6, 6.07) is 15.1. The molecule has 4 bridgehead atoms. The summed E-state index contributed by atoms with van der Waals surface area (Å²) < 4.78 is 21.5. The SMILES string of the molecule is CC(C)(C)C(C)(C)OC(OC12CCC3(CC1)[C@H]1Cc4ccc(O)c5c4[C@@]3(CCN1CC1CC1)[C@H]2O5)c1ccccc1. The molecule has 1 saturated heterocycles. The van der Waals surface area contributed by atoms with Gasteiger partial charge in [0.1, 0.15) is 11.7 Å². The van der Waals surface area contributed by atoms with E-state index in [4.69, 9.17) is 14.2 Å². The summed E-state index contributed by atoms with van der Waals surface area (Å²) in [5, 5.41) is 11.2. The van der Waals surface area contributed by atoms with Gasteiger partial charge in [0, 0.05) is 29.1 Å². The highest BCUT2D eigenvalue weighted by molar-refractivity contribution is 5.63. The van der Waals surface area contributed by atoms with Crippen molar-refractivity contribution in [2.75, 3.05) is 13.1 Å². The van der Waals surface area contributed by atoms with Crippen LogP contribution in [0, 0.1) is 16.7 Å². The summed E-state index contributed by atoms with van der Waals surface area (Å²) in [4.78, 5) is 2.87. The molecule has 2 spiro atoms. The Kier molecular flexibility index (Phi) is 5.51. The minimum absolute atomic E-state index is 0.0697. The van der Waals surface area contributed by atoms with E-state index in [2.05, 4.69) is 75.9 Å². The molecule has 4 saturated carbocycles. The first kappa shape index (κ1) is 26.5. The molecule has 2 aromatic rings. The summed E-state index contributed by atoms with van der Waals surface area (Å²) in [6.07, 6.45) is 8.58. The lowest BCUT2D eigenvalue weighted by Crippen LogP contribution is -2.79. The van der Waals surface area contributed by atoms with Gasteiger partial charge in [-0.15, -0.1) is 0 Å². The number of phenolic OH excluding ortho intramolecular Hbond substituents is 1. The Bertz CT molecular complexity index is 1350. The molecule has 2 aliphatic heterocycles. The van der Waals surface area contributed by atoms with Gasteiger partial charge in [0.15, 0.2) is 17.8 Å². The highest BCUT2D eigenvalue weighted by Crippen LogP contribution is 2.76. The van der Waals surface area contributed by atoms with Crippen LogP contribution >= 0.6 is 0 Å². The average Bonchev–Trinajstić information content (AvgIpc) is 3.68. The van der Waals surface area contributed by atoms with Gasteiger partial charge in [0.25, 0.3) is 0 Å². The van der Waals surface area contributed by atoms with Crippen molar-refractivity contribution in [2.45, 2.75) is 121 Å². The fraction of sp³-hybridized carbons (Fsp3) is 0.667. The average molecular weight is 558 g/mol. The molecule has 7 aliphatic rings. The van der Waals surface area contributed by atoms with E-state index >= 15 is 0 Å². The lowest BCUT2D eigenvalue weighted by Gasteiger charge is -2.72. The van der Waals surface area contributed by atoms with Crippen LogP contribution in [0.5, 0.6) is 11.5 Å². The van der Waals surface area contributed by atoms with E-state index in [1.54, 1.807) is 0 Å². The van der Waals surface area contributed by atoms with Gasteiger partial charge in [-0.05, 0) is 100 Å². The Balaban J connectivity index is 1.23. The number of phenols is 1. The lowest BCUT2D eigenvalue weighted by atomic mass is 9.36. The van der Waals surface area contributed by atoms with Crippen LogP contribution in [-0.4, -0.2) is 46.4 Å². The highest BCUT2D eigenvalue weighted by Gasteiger charge is 2.79. The molecular weight excluding hydrogens is 510 g/mol. The number of benzene rings is 2. The Hall–Kier alpha value is -2.08. The number of rotatable bonds is 7. The Morgan fingerprint density at radius 3 is 2.39 bits per heavy atom. The second kappa shape index (κ2) is 8.51. The summed E-state index contributed by atoms with van der Waals surface area (Å²) >= 11 is 0. The molecule has 0 radical (unpaired) electrons. The molecule has 1 N–H and O–H groups in total. The molecule has 5 heteroatoms. The Morgan fingerprint density at radius 1 is 0.976 bits per heavy atom. The van der Waals surface area contributed by atoms with Crippen molar-refractivity contribution in [2.24, 2.45) is 16.7 Å². The van der Waals surface area contributed by atoms with Crippen molar-refractivity contribution >= 4 is 0 Å². The third-order valence-electron chi connectivity index (χ3n) is 12.8. The van der Waals surface area contributed by atoms with Gasteiger partial charge in [-0.2, -0.15) is 0 Å². The van der Waals surface area contributed by atoms with Gasteiger partial charge in [0.05, 0.1) is 5.60 Å². The molecule has 4 atom stereocenters. The van der Waals surface area contributed by atoms with E-state index in [9.17, 15) is 5.11 Å². The van der Waals surface area contributed by atoms with Crippen molar-refractivity contribution < 1.29 is 19.3 Å². The van der Waals surface area contributed by atoms with Gasteiger partial charge in [-0.25, -0.2) is 0 Å². The van der Waals surface area contributed by atoms with Crippen molar-refractivity contribution in [3.8, 4) is 11.5 Å². The second-order valence-corrected chi connectivity index (χ2v) is 15.8. The van der Waals surface area contributed by atoms with Crippen molar-refractivity contribution in [3.63, 3.8) is 0 Å². The molecule has 220 valence electrons. The van der Waals surface area contributed by atoms with Gasteiger partial charge < -0.3 is 19.3 Å². The van der Waals surface area contributed by atoms with E-state index in [-0.39, 0.29) is 22.3 Å². The normalized spacial score (nSPS) is 36.1. The van der Waals surface area contributed by atoms with E-state index in [1.807, 2.05) is 6.07 Å². The molecule has 2 heterocycles. The molecule has 0 aromatic heterocycles. The van der Waals surface area contributed by atoms with E-state index in [0.29, 0.717) is 11.8 Å². The van der Waals surface area contributed by atoms with Gasteiger partial charge >= 0.3 is 0 Å². The summed E-state index contributed by atoms with van der Waals surface area (Å²) in [7, 11) is 0. The lowest BCUT2D eigenvalue weighted by molar-refractivity contribution is -0.330. The predicted octanol–water partition coefficient (Wildman–Crippen LogP) is 7.30. The third-order valence-corrected chi connectivity index (χ3v) is 12.8. The van der Waals surface area contributed by atoms with Crippen LogP contribution in [0.15, 0.2) is 42.5 Å². The minimum atomic E-state index is -0.498. The molecule has 9 rings (SSSR count). The zero-order valence-electron chi connectivity index (χ0n) is 25.5. The monoisotopic (exact) mass is 557 g/mol. The van der Waals surface area contributed by atoms with Gasteiger partial charge in [-0.3, -0.25) is 4.90 Å². The number of nitrogens with zero attached hydrogens (tertiary/aromatic N) is 1. The van der Waals surface area contributed by atoms with E-state index < -0.39 is 17.5 Å². The number of ether oxygens (including phenoxy) is 3. The minimum Gasteiger partial charge on any atom is -0.504 e. The summed E-state index contributed by atoms with van der Waals surface area (Å²) in [5.74, 6) is 1.92. The van der Waals surface area contributed by atoms with Gasteiger partial charge in [-0.1, -0.05) is 57.2 Å². The predicted molar refractivity (Wildman–Crippen MR) is 159 cm³/mol. The molecular formula is C36H47NO4. The molecule has 5 fully saturated rings. The highest BCUT2D eigenvalue weighted by atomic mass is 16.7. The number of piperidine rings is 1. The van der Waals surface area contributed by atoms with Crippen molar-refractivity contribution in [3.05, 3.63) is 59.2 Å². The number of likely N-dealkylation sites (tertiary alicyclic amines) is 1. The van der Waals surface area contributed by atoms with Crippen LogP contribution in [0.3, 0.4) is 0 Å². The van der Waals surface area contributed by atoms with Crippen LogP contribution in [0.2, 0.25) is 0 Å². The molecule has 1 unspecified atom stereocenters. The third kappa shape index (κ3) is 3.52. The first-order valence-electron chi connectivity index (χ1n) is 16.2. The standard InChI is InChI=1S/C36H47NO4/c1-32(2,3)33(4,5)40-30(24-9-7-6-8-10-24)41-35-17-15-34(16-18-35)27-21-25-13-14-26(38)29-28(25)36(34,31(35)39-29)19-20-37(27)22-23-11-12-23/h6-10,13-14,23,27,30-31,38H,11-12,15-22H2,1-5H3/t27-,30?,31+,34?,35?,36+/m1/s1. The van der Waals surface area contributed by atoms with Crippen LogP contribution in [0.4, 0.5) is 0 Å². The van der Waals surface area contributed by atoms with Crippen LogP contribution in [-0.2, 0) is 21.3 Å². The number of hydrogen-bond acceptors (Lipinski definition) is 5. The molecule has 5 nitrogen and oxygen atoms in total. The molecule has 41 heavy (non-hydrogen) atoms. The number of fused-ring (bicyclic) bond motifs is 2. The maximum absolute atomic E-state index is 11.2. The zero-order chi connectivity index (χ0) is 28.4. The Labute approximate surface area is 245 Å². The summed E-state index contributed by atoms with van der Waals surface area (Å²) in [6.45, 7) is 13.4. The number of hydrogen-bond donors (Lipinski definition) is 1. The maximum Gasteiger partial charge on any atom is 0.185 e. The first-order chi connectivity index (χ1) is 19.5. The van der Waals surface area contributed by atoms with E-state index in [1.165, 1.54) is 30.5 Å². The first-order valence-corrected chi connectivity index (χ1v) is 16.2. The van der Waals surface area contributed by atoms with Crippen molar-refractivity contribution in [1.29, 1.82) is 0 Å². The molecule has 2 aromatic carbocycles. The fourth-order valence-corrected chi connectivity index (χ4v) is 9.59. The fourth-order valence-electron chi connectivity index (χ4n) is 9.59. The zero-order valence-corrected chi connectivity index (χ0v) is 25.5. The second-order valence-electron chi connectivity index (χ2n) is 15.8. The quantitative estimate of drug-likeness (QED) is 0.362. The molecule has 0 amide bonds. The Morgan fingerprint density at radius 2 is 1.71 bits per heavy atom. The van der Waals surface area contributed by atoms with Gasteiger partial charge in [0.2, 0.25) is 0 Å².